The van der Waals surface area contributed by atoms with E-state index in [4.69, 9.17) is 14.2 Å². The molecule has 0 aromatic rings. The molecule has 90 valence electrons. The SMILES string of the molecule is CC(=O)OCC1OC=CC(OC(C)=O)[C@@H]1O. The van der Waals surface area contributed by atoms with Crippen molar-refractivity contribution in [2.24, 2.45) is 0 Å². The first-order chi connectivity index (χ1) is 7.50. The van der Waals surface area contributed by atoms with Crippen molar-refractivity contribution in [2.45, 2.75) is 32.2 Å². The van der Waals surface area contributed by atoms with Crippen LogP contribution in [0.1, 0.15) is 13.8 Å². The van der Waals surface area contributed by atoms with Gasteiger partial charge >= 0.3 is 11.9 Å². The number of esters is 2. The highest BCUT2D eigenvalue weighted by molar-refractivity contribution is 5.66. The predicted molar refractivity (Wildman–Crippen MR) is 52.2 cm³/mol. The first kappa shape index (κ1) is 12.5. The Balaban J connectivity index is 2.52. The van der Waals surface area contributed by atoms with Gasteiger partial charge in [-0.3, -0.25) is 9.59 Å². The van der Waals surface area contributed by atoms with Gasteiger partial charge < -0.3 is 19.3 Å². The van der Waals surface area contributed by atoms with Gasteiger partial charge in [-0.25, -0.2) is 0 Å². The number of rotatable bonds is 3. The molecular formula is C10H14O6. The second kappa shape index (κ2) is 5.50. The Morgan fingerprint density at radius 2 is 2.06 bits per heavy atom. The molecule has 0 aromatic heterocycles. The molecule has 0 fully saturated rings. The zero-order valence-electron chi connectivity index (χ0n) is 9.08. The summed E-state index contributed by atoms with van der Waals surface area (Å²) in [6.07, 6.45) is 0.198. The molecule has 2 unspecified atom stereocenters. The summed E-state index contributed by atoms with van der Waals surface area (Å²) < 4.78 is 14.6. The van der Waals surface area contributed by atoms with E-state index in [1.807, 2.05) is 0 Å². The number of hydrogen-bond donors (Lipinski definition) is 1. The van der Waals surface area contributed by atoms with Crippen LogP contribution in [0.15, 0.2) is 12.3 Å². The second-order valence-electron chi connectivity index (χ2n) is 3.37. The fourth-order valence-electron chi connectivity index (χ4n) is 1.27. The topological polar surface area (TPSA) is 82.1 Å². The summed E-state index contributed by atoms with van der Waals surface area (Å²) in [6.45, 7) is 2.42. The standard InChI is InChI=1S/C10H14O6/c1-6(11)15-5-9-10(13)8(3-4-14-9)16-7(2)12/h3-4,8-10,13H,5H2,1-2H3/t8?,9?,10-/m0/s1. The van der Waals surface area contributed by atoms with Crippen LogP contribution in [0, 0.1) is 0 Å². The lowest BCUT2D eigenvalue weighted by Gasteiger charge is -2.30. The minimum absolute atomic E-state index is 0.0847. The summed E-state index contributed by atoms with van der Waals surface area (Å²) in [5.74, 6) is -0.962. The number of aliphatic hydroxyl groups is 1. The van der Waals surface area contributed by atoms with Gasteiger partial charge in [0.15, 0.2) is 12.2 Å². The Hall–Kier alpha value is -1.56. The fourth-order valence-corrected chi connectivity index (χ4v) is 1.27. The van der Waals surface area contributed by atoms with Crippen molar-refractivity contribution in [3.8, 4) is 0 Å². The van der Waals surface area contributed by atoms with Crippen molar-refractivity contribution < 1.29 is 28.9 Å². The smallest absolute Gasteiger partial charge is 0.303 e. The monoisotopic (exact) mass is 230 g/mol. The average molecular weight is 230 g/mol. The van der Waals surface area contributed by atoms with Crippen LogP contribution in [-0.4, -0.2) is 42.0 Å². The van der Waals surface area contributed by atoms with Crippen molar-refractivity contribution in [2.75, 3.05) is 6.61 Å². The molecule has 6 nitrogen and oxygen atoms in total. The lowest BCUT2D eigenvalue weighted by Crippen LogP contribution is -2.44. The summed E-state index contributed by atoms with van der Waals surface area (Å²) in [5.41, 5.74) is 0. The zero-order valence-corrected chi connectivity index (χ0v) is 9.08. The van der Waals surface area contributed by atoms with Crippen molar-refractivity contribution in [3.05, 3.63) is 12.3 Å². The molecule has 0 aromatic carbocycles. The molecule has 1 heterocycles. The van der Waals surface area contributed by atoms with Gasteiger partial charge in [-0.15, -0.1) is 0 Å². The lowest BCUT2D eigenvalue weighted by atomic mass is 10.1. The molecule has 1 aliphatic rings. The van der Waals surface area contributed by atoms with Gasteiger partial charge in [0.25, 0.3) is 0 Å². The molecule has 6 heteroatoms. The van der Waals surface area contributed by atoms with Crippen LogP contribution >= 0.6 is 0 Å². The normalized spacial score (nSPS) is 28.1. The van der Waals surface area contributed by atoms with E-state index in [0.29, 0.717) is 0 Å². The van der Waals surface area contributed by atoms with Gasteiger partial charge in [-0.1, -0.05) is 0 Å². The van der Waals surface area contributed by atoms with Crippen LogP contribution in [0.3, 0.4) is 0 Å². The Bertz CT molecular complexity index is 298. The Morgan fingerprint density at radius 3 is 2.62 bits per heavy atom. The molecule has 1 aliphatic heterocycles. The maximum atomic E-state index is 10.7. The van der Waals surface area contributed by atoms with Crippen LogP contribution in [0.4, 0.5) is 0 Å². The second-order valence-corrected chi connectivity index (χ2v) is 3.37. The molecule has 0 saturated heterocycles. The lowest BCUT2D eigenvalue weighted by molar-refractivity contribution is -0.162. The maximum absolute atomic E-state index is 10.7. The van der Waals surface area contributed by atoms with E-state index in [1.54, 1.807) is 0 Å². The third-order valence-electron chi connectivity index (χ3n) is 1.99. The largest absolute Gasteiger partial charge is 0.492 e. The Labute approximate surface area is 92.8 Å². The molecule has 0 radical (unpaired) electrons. The summed E-state index contributed by atoms with van der Waals surface area (Å²) >= 11 is 0. The van der Waals surface area contributed by atoms with Crippen molar-refractivity contribution in [1.82, 2.24) is 0 Å². The van der Waals surface area contributed by atoms with Gasteiger partial charge in [0.2, 0.25) is 0 Å². The predicted octanol–water partition coefficient (Wildman–Crippen LogP) is -0.245. The van der Waals surface area contributed by atoms with E-state index in [-0.39, 0.29) is 6.61 Å². The summed E-state index contributed by atoms with van der Waals surface area (Å²) in [5, 5.41) is 9.75. The van der Waals surface area contributed by atoms with E-state index >= 15 is 0 Å². The molecule has 0 bridgehead atoms. The minimum Gasteiger partial charge on any atom is -0.492 e. The van der Waals surface area contributed by atoms with Crippen LogP contribution < -0.4 is 0 Å². The quantitative estimate of drug-likeness (QED) is 0.673. The highest BCUT2D eigenvalue weighted by Crippen LogP contribution is 2.16. The number of carbonyl (C=O) groups is 2. The van der Waals surface area contributed by atoms with Gasteiger partial charge in [0, 0.05) is 13.8 Å². The number of ether oxygens (including phenoxy) is 3. The Kier molecular flexibility index (Phi) is 4.30. The van der Waals surface area contributed by atoms with Crippen molar-refractivity contribution >= 4 is 11.9 Å². The van der Waals surface area contributed by atoms with E-state index in [1.165, 1.54) is 26.2 Å². The van der Waals surface area contributed by atoms with Crippen LogP contribution in [0.2, 0.25) is 0 Å². The Morgan fingerprint density at radius 1 is 1.38 bits per heavy atom. The van der Waals surface area contributed by atoms with E-state index < -0.39 is 30.3 Å². The van der Waals surface area contributed by atoms with Crippen molar-refractivity contribution in [1.29, 1.82) is 0 Å². The zero-order chi connectivity index (χ0) is 12.1. The highest BCUT2D eigenvalue weighted by Gasteiger charge is 2.33. The first-order valence-corrected chi connectivity index (χ1v) is 4.81. The number of aliphatic hydroxyl groups excluding tert-OH is 1. The van der Waals surface area contributed by atoms with Crippen LogP contribution in [-0.2, 0) is 23.8 Å². The molecule has 1 N–H and O–H groups in total. The molecular weight excluding hydrogens is 216 g/mol. The van der Waals surface area contributed by atoms with Gasteiger partial charge in [0.1, 0.15) is 12.7 Å². The maximum Gasteiger partial charge on any atom is 0.303 e. The van der Waals surface area contributed by atoms with Gasteiger partial charge in [0.05, 0.1) is 6.26 Å². The van der Waals surface area contributed by atoms with Gasteiger partial charge in [-0.05, 0) is 6.08 Å². The molecule has 0 saturated carbocycles. The fraction of sp³-hybridized carbons (Fsp3) is 0.600. The summed E-state index contributed by atoms with van der Waals surface area (Å²) in [6, 6.07) is 0. The van der Waals surface area contributed by atoms with Gasteiger partial charge in [-0.2, -0.15) is 0 Å². The first-order valence-electron chi connectivity index (χ1n) is 4.81. The van der Waals surface area contributed by atoms with E-state index in [2.05, 4.69) is 0 Å². The van der Waals surface area contributed by atoms with E-state index in [0.717, 1.165) is 0 Å². The van der Waals surface area contributed by atoms with Crippen molar-refractivity contribution in [3.63, 3.8) is 0 Å². The molecule has 0 amide bonds. The number of carbonyl (C=O) groups excluding carboxylic acids is 2. The highest BCUT2D eigenvalue weighted by atomic mass is 16.6. The molecule has 0 spiro atoms. The number of hydrogen-bond acceptors (Lipinski definition) is 6. The minimum atomic E-state index is -1.05. The van der Waals surface area contributed by atoms with E-state index in [9.17, 15) is 14.7 Å². The molecule has 1 rings (SSSR count). The summed E-state index contributed by atoms with van der Waals surface area (Å²) in [7, 11) is 0. The van der Waals surface area contributed by atoms with Crippen LogP contribution in [0.5, 0.6) is 0 Å². The van der Waals surface area contributed by atoms with Crippen LogP contribution in [0.25, 0.3) is 0 Å². The molecule has 0 aliphatic carbocycles. The molecule has 3 atom stereocenters. The third kappa shape index (κ3) is 3.54. The summed E-state index contributed by atoms with van der Waals surface area (Å²) in [4.78, 5) is 21.3. The molecule has 16 heavy (non-hydrogen) atoms. The third-order valence-corrected chi connectivity index (χ3v) is 1.99. The average Bonchev–Trinajstić information content (AvgIpc) is 2.18.